The zero-order valence-corrected chi connectivity index (χ0v) is 15.0. The Labute approximate surface area is 145 Å². The topological polar surface area (TPSA) is 52.3 Å². The van der Waals surface area contributed by atoms with E-state index in [1.807, 2.05) is 29.7 Å². The molecular formula is C18H20ClNO2S. The van der Waals surface area contributed by atoms with Crippen LogP contribution in [0, 0.1) is 0 Å². The van der Waals surface area contributed by atoms with Crippen LogP contribution < -0.4 is 5.73 Å². The molecule has 2 N–H and O–H groups in total. The number of hydrogen-bond donors (Lipinski definition) is 1. The summed E-state index contributed by atoms with van der Waals surface area (Å²) < 4.78 is 5.05. The molecule has 23 heavy (non-hydrogen) atoms. The van der Waals surface area contributed by atoms with Gasteiger partial charge in [0.15, 0.2) is 0 Å². The highest BCUT2D eigenvalue weighted by Crippen LogP contribution is 2.29. The summed E-state index contributed by atoms with van der Waals surface area (Å²) in [5.41, 5.74) is 9.14. The van der Waals surface area contributed by atoms with E-state index in [0.717, 1.165) is 11.1 Å². The number of ether oxygens (including phenoxy) is 1. The maximum absolute atomic E-state index is 12.0. The molecule has 1 aromatic carbocycles. The molecule has 0 saturated carbocycles. The van der Waals surface area contributed by atoms with Gasteiger partial charge in [-0.25, -0.2) is 4.79 Å². The average Bonchev–Trinajstić information content (AvgIpc) is 2.87. The SMILES string of the molecule is CCOC(=O)c1c(C=Cc2ccc(C(C)C)cc2Cl)csc1N. The fraction of sp³-hybridized carbons (Fsp3) is 0.278. The van der Waals surface area contributed by atoms with Crippen LogP contribution >= 0.6 is 22.9 Å². The standard InChI is InChI=1S/C18H20ClNO2S/c1-4-22-18(21)16-14(10-23-17(16)20)8-6-12-5-7-13(11(2)3)9-15(12)19/h5-11H,4,20H2,1-3H3. The van der Waals surface area contributed by atoms with Crippen LogP contribution in [-0.2, 0) is 4.74 Å². The number of nitrogen functional groups attached to an aromatic ring is 1. The quantitative estimate of drug-likeness (QED) is 0.730. The van der Waals surface area contributed by atoms with Crippen molar-refractivity contribution in [3.63, 3.8) is 0 Å². The number of carbonyl (C=O) groups is 1. The molecule has 0 spiro atoms. The van der Waals surface area contributed by atoms with Crippen molar-refractivity contribution in [2.45, 2.75) is 26.7 Å². The van der Waals surface area contributed by atoms with Gasteiger partial charge < -0.3 is 10.5 Å². The van der Waals surface area contributed by atoms with Gasteiger partial charge in [0, 0.05) is 16.0 Å². The summed E-state index contributed by atoms with van der Waals surface area (Å²) in [6, 6.07) is 6.01. The first-order chi connectivity index (χ1) is 10.9. The number of nitrogens with two attached hydrogens (primary N) is 1. The van der Waals surface area contributed by atoms with Crippen LogP contribution in [0.15, 0.2) is 23.6 Å². The molecule has 0 aliphatic carbocycles. The summed E-state index contributed by atoms with van der Waals surface area (Å²) in [5.74, 6) is 0.0322. The minimum absolute atomic E-state index is 0.319. The molecule has 0 aliphatic heterocycles. The molecule has 3 nitrogen and oxygen atoms in total. The van der Waals surface area contributed by atoms with Crippen LogP contribution in [-0.4, -0.2) is 12.6 Å². The van der Waals surface area contributed by atoms with Crippen molar-refractivity contribution in [3.05, 3.63) is 50.9 Å². The molecule has 0 bridgehead atoms. The van der Waals surface area contributed by atoms with Crippen LogP contribution in [0.3, 0.4) is 0 Å². The fourth-order valence-electron chi connectivity index (χ4n) is 2.15. The zero-order valence-electron chi connectivity index (χ0n) is 13.4. The van der Waals surface area contributed by atoms with Crippen molar-refractivity contribution < 1.29 is 9.53 Å². The van der Waals surface area contributed by atoms with Crippen molar-refractivity contribution in [2.24, 2.45) is 0 Å². The zero-order chi connectivity index (χ0) is 17.0. The first-order valence-electron chi connectivity index (χ1n) is 7.45. The van der Waals surface area contributed by atoms with E-state index in [1.165, 1.54) is 16.9 Å². The molecule has 0 aliphatic rings. The number of rotatable bonds is 5. The molecule has 0 amide bonds. The van der Waals surface area contributed by atoms with E-state index in [-0.39, 0.29) is 0 Å². The molecule has 0 unspecified atom stereocenters. The molecule has 122 valence electrons. The number of esters is 1. The molecule has 1 aromatic heterocycles. The monoisotopic (exact) mass is 349 g/mol. The Morgan fingerprint density at radius 1 is 1.35 bits per heavy atom. The number of benzene rings is 1. The lowest BCUT2D eigenvalue weighted by Crippen LogP contribution is -2.07. The maximum Gasteiger partial charge on any atom is 0.341 e. The molecule has 0 saturated heterocycles. The minimum atomic E-state index is -0.396. The molecule has 2 aromatic rings. The van der Waals surface area contributed by atoms with Gasteiger partial charge in [0.1, 0.15) is 10.6 Å². The van der Waals surface area contributed by atoms with E-state index in [2.05, 4.69) is 19.9 Å². The van der Waals surface area contributed by atoms with Crippen LogP contribution in [0.1, 0.15) is 53.7 Å². The van der Waals surface area contributed by atoms with Gasteiger partial charge in [-0.1, -0.05) is 49.7 Å². The Morgan fingerprint density at radius 3 is 2.65 bits per heavy atom. The normalized spacial score (nSPS) is 11.3. The summed E-state index contributed by atoms with van der Waals surface area (Å²) in [6.45, 7) is 6.34. The lowest BCUT2D eigenvalue weighted by Gasteiger charge is -2.07. The first-order valence-corrected chi connectivity index (χ1v) is 8.71. The lowest BCUT2D eigenvalue weighted by molar-refractivity contribution is 0.0528. The Balaban J connectivity index is 2.29. The van der Waals surface area contributed by atoms with Crippen LogP contribution in [0.4, 0.5) is 5.00 Å². The summed E-state index contributed by atoms with van der Waals surface area (Å²) in [4.78, 5) is 12.0. The Hall–Kier alpha value is -1.78. The van der Waals surface area contributed by atoms with Crippen LogP contribution in [0.2, 0.25) is 5.02 Å². The van der Waals surface area contributed by atoms with Gasteiger partial charge >= 0.3 is 5.97 Å². The summed E-state index contributed by atoms with van der Waals surface area (Å²) in [5, 5.41) is 2.99. The predicted octanol–water partition coefficient (Wildman–Crippen LogP) is 5.45. The van der Waals surface area contributed by atoms with Crippen molar-refractivity contribution >= 4 is 46.1 Å². The van der Waals surface area contributed by atoms with Crippen LogP contribution in [0.25, 0.3) is 12.2 Å². The Morgan fingerprint density at radius 2 is 2.04 bits per heavy atom. The summed E-state index contributed by atoms with van der Waals surface area (Å²) >= 11 is 7.66. The van der Waals surface area contributed by atoms with E-state index >= 15 is 0 Å². The third-order valence-corrected chi connectivity index (χ3v) is 4.62. The van der Waals surface area contributed by atoms with E-state index in [9.17, 15) is 4.79 Å². The number of halogens is 1. The van der Waals surface area contributed by atoms with Gasteiger partial charge in [-0.15, -0.1) is 11.3 Å². The smallest absolute Gasteiger partial charge is 0.341 e. The van der Waals surface area contributed by atoms with E-state index in [0.29, 0.717) is 28.1 Å². The molecule has 2 rings (SSSR count). The van der Waals surface area contributed by atoms with Gasteiger partial charge in [-0.3, -0.25) is 0 Å². The van der Waals surface area contributed by atoms with Gasteiger partial charge in [-0.2, -0.15) is 0 Å². The third kappa shape index (κ3) is 4.15. The highest BCUT2D eigenvalue weighted by molar-refractivity contribution is 7.14. The number of carbonyl (C=O) groups excluding carboxylic acids is 1. The molecule has 0 atom stereocenters. The summed E-state index contributed by atoms with van der Waals surface area (Å²) in [7, 11) is 0. The van der Waals surface area contributed by atoms with E-state index in [4.69, 9.17) is 22.1 Å². The third-order valence-electron chi connectivity index (χ3n) is 3.46. The predicted molar refractivity (Wildman–Crippen MR) is 99.2 cm³/mol. The Kier molecular flexibility index (Phi) is 5.85. The van der Waals surface area contributed by atoms with Gasteiger partial charge in [-0.05, 0) is 30.0 Å². The molecular weight excluding hydrogens is 330 g/mol. The summed E-state index contributed by atoms with van der Waals surface area (Å²) in [6.07, 6.45) is 3.73. The highest BCUT2D eigenvalue weighted by Gasteiger charge is 2.17. The van der Waals surface area contributed by atoms with Crippen molar-refractivity contribution in [1.82, 2.24) is 0 Å². The second-order valence-electron chi connectivity index (χ2n) is 5.42. The van der Waals surface area contributed by atoms with Crippen molar-refractivity contribution in [1.29, 1.82) is 0 Å². The van der Waals surface area contributed by atoms with E-state index in [1.54, 1.807) is 6.92 Å². The second-order valence-corrected chi connectivity index (χ2v) is 6.74. The number of anilines is 1. The minimum Gasteiger partial charge on any atom is -0.462 e. The number of thiophene rings is 1. The molecule has 0 radical (unpaired) electrons. The van der Waals surface area contributed by atoms with Gasteiger partial charge in [0.2, 0.25) is 0 Å². The Bertz CT molecular complexity index is 735. The molecule has 1 heterocycles. The van der Waals surface area contributed by atoms with Crippen molar-refractivity contribution in [3.8, 4) is 0 Å². The fourth-order valence-corrected chi connectivity index (χ4v) is 3.17. The first kappa shape index (κ1) is 17.6. The van der Waals surface area contributed by atoms with Gasteiger partial charge in [0.05, 0.1) is 6.61 Å². The van der Waals surface area contributed by atoms with Crippen LogP contribution in [0.5, 0.6) is 0 Å². The molecule has 0 fully saturated rings. The second kappa shape index (κ2) is 7.66. The van der Waals surface area contributed by atoms with Gasteiger partial charge in [0.25, 0.3) is 0 Å². The highest BCUT2D eigenvalue weighted by atomic mass is 35.5. The lowest BCUT2D eigenvalue weighted by atomic mass is 10.0. The number of hydrogen-bond acceptors (Lipinski definition) is 4. The maximum atomic E-state index is 12.0. The largest absolute Gasteiger partial charge is 0.462 e. The average molecular weight is 350 g/mol. The molecule has 5 heteroatoms. The van der Waals surface area contributed by atoms with Crippen molar-refractivity contribution in [2.75, 3.05) is 12.3 Å². The van der Waals surface area contributed by atoms with E-state index < -0.39 is 5.97 Å².